The zero-order chi connectivity index (χ0) is 18.6. The first-order chi connectivity index (χ1) is 12.5. The molecule has 0 bridgehead atoms. The van der Waals surface area contributed by atoms with Crippen molar-refractivity contribution in [1.82, 2.24) is 20.4 Å². The van der Waals surface area contributed by atoms with Crippen LogP contribution in [0.3, 0.4) is 0 Å². The van der Waals surface area contributed by atoms with Crippen LogP contribution in [0.4, 0.5) is 4.39 Å². The van der Waals surface area contributed by atoms with Crippen LogP contribution in [0.5, 0.6) is 0 Å². The molecule has 0 spiro atoms. The fourth-order valence-electron chi connectivity index (χ4n) is 4.01. The molecule has 1 aromatic heterocycles. The molecule has 1 unspecified atom stereocenters. The average Bonchev–Trinajstić information content (AvgIpc) is 3.07. The SMILES string of the molecule is CNC(C(=O)NCC1(c2cccc(F)c2)CCCCC1)c1cnn(C)c1. The molecule has 1 aromatic carbocycles. The van der Waals surface area contributed by atoms with Crippen LogP contribution in [0.2, 0.25) is 0 Å². The minimum atomic E-state index is -0.447. The van der Waals surface area contributed by atoms with E-state index in [1.165, 1.54) is 12.5 Å². The summed E-state index contributed by atoms with van der Waals surface area (Å²) in [5.41, 5.74) is 1.62. The summed E-state index contributed by atoms with van der Waals surface area (Å²) in [5.74, 6) is -0.302. The van der Waals surface area contributed by atoms with Crippen LogP contribution in [0.1, 0.15) is 49.3 Å². The molecule has 140 valence electrons. The van der Waals surface area contributed by atoms with Crippen molar-refractivity contribution in [2.24, 2.45) is 7.05 Å². The van der Waals surface area contributed by atoms with Crippen LogP contribution in [-0.2, 0) is 17.3 Å². The lowest BCUT2D eigenvalue weighted by Crippen LogP contribution is -2.45. The van der Waals surface area contributed by atoms with Gasteiger partial charge in [-0.3, -0.25) is 9.48 Å². The van der Waals surface area contributed by atoms with E-state index in [4.69, 9.17) is 0 Å². The van der Waals surface area contributed by atoms with Crippen molar-refractivity contribution in [1.29, 1.82) is 0 Å². The van der Waals surface area contributed by atoms with Crippen molar-refractivity contribution in [3.63, 3.8) is 0 Å². The molecule has 1 aliphatic carbocycles. The van der Waals surface area contributed by atoms with Crippen LogP contribution in [0.15, 0.2) is 36.7 Å². The zero-order valence-corrected chi connectivity index (χ0v) is 15.5. The van der Waals surface area contributed by atoms with Crippen LogP contribution in [-0.4, -0.2) is 29.3 Å². The summed E-state index contributed by atoms with van der Waals surface area (Å²) in [6.07, 6.45) is 8.86. The Hall–Kier alpha value is -2.21. The number of carbonyl (C=O) groups excluding carboxylic acids is 1. The van der Waals surface area contributed by atoms with Gasteiger partial charge >= 0.3 is 0 Å². The summed E-state index contributed by atoms with van der Waals surface area (Å²) in [7, 11) is 3.59. The second kappa shape index (κ2) is 7.99. The molecule has 1 fully saturated rings. The maximum atomic E-state index is 13.8. The van der Waals surface area contributed by atoms with E-state index < -0.39 is 6.04 Å². The highest BCUT2D eigenvalue weighted by atomic mass is 19.1. The third-order valence-electron chi connectivity index (χ3n) is 5.46. The van der Waals surface area contributed by atoms with Gasteiger partial charge in [-0.05, 0) is 37.6 Å². The minimum absolute atomic E-state index is 0.0816. The number of carbonyl (C=O) groups is 1. The third-order valence-corrected chi connectivity index (χ3v) is 5.46. The molecule has 0 radical (unpaired) electrons. The summed E-state index contributed by atoms with van der Waals surface area (Å²) in [5, 5.41) is 10.3. The lowest BCUT2D eigenvalue weighted by molar-refractivity contribution is -0.123. The average molecular weight is 358 g/mol. The number of halogens is 1. The molecule has 2 aromatic rings. The van der Waals surface area contributed by atoms with E-state index in [0.717, 1.165) is 36.8 Å². The first kappa shape index (κ1) is 18.6. The predicted molar refractivity (Wildman–Crippen MR) is 99.2 cm³/mol. The van der Waals surface area contributed by atoms with E-state index in [1.54, 1.807) is 30.1 Å². The molecule has 0 aliphatic heterocycles. The Balaban J connectivity index is 1.76. The lowest BCUT2D eigenvalue weighted by Gasteiger charge is -2.38. The predicted octanol–water partition coefficient (Wildman–Crippen LogP) is 2.84. The number of nitrogens with zero attached hydrogens (tertiary/aromatic N) is 2. The van der Waals surface area contributed by atoms with Gasteiger partial charge in [-0.1, -0.05) is 31.4 Å². The van der Waals surface area contributed by atoms with Crippen LogP contribution >= 0.6 is 0 Å². The van der Waals surface area contributed by atoms with Crippen LogP contribution in [0, 0.1) is 5.82 Å². The second-order valence-electron chi connectivity index (χ2n) is 7.24. The number of aryl methyl sites for hydroxylation is 1. The van der Waals surface area contributed by atoms with Gasteiger partial charge in [0.15, 0.2) is 0 Å². The van der Waals surface area contributed by atoms with Gasteiger partial charge in [-0.2, -0.15) is 5.10 Å². The normalized spacial score (nSPS) is 17.7. The highest BCUT2D eigenvalue weighted by molar-refractivity contribution is 5.83. The van der Waals surface area contributed by atoms with Gasteiger partial charge in [0, 0.05) is 30.8 Å². The Labute approximate surface area is 154 Å². The maximum absolute atomic E-state index is 13.8. The fraction of sp³-hybridized carbons (Fsp3) is 0.500. The van der Waals surface area contributed by atoms with Gasteiger partial charge in [-0.15, -0.1) is 0 Å². The van der Waals surface area contributed by atoms with E-state index in [-0.39, 0.29) is 17.1 Å². The molecule has 1 aliphatic rings. The highest BCUT2D eigenvalue weighted by Gasteiger charge is 2.35. The molecule has 26 heavy (non-hydrogen) atoms. The Morgan fingerprint density at radius 1 is 1.35 bits per heavy atom. The van der Waals surface area contributed by atoms with E-state index in [1.807, 2.05) is 19.3 Å². The molecular weight excluding hydrogens is 331 g/mol. The maximum Gasteiger partial charge on any atom is 0.241 e. The molecule has 3 rings (SSSR count). The summed E-state index contributed by atoms with van der Waals surface area (Å²) >= 11 is 0. The number of rotatable bonds is 6. The summed E-state index contributed by atoms with van der Waals surface area (Å²) in [6.45, 7) is 0.522. The number of benzene rings is 1. The van der Waals surface area contributed by atoms with Gasteiger partial charge in [0.2, 0.25) is 5.91 Å². The fourth-order valence-corrected chi connectivity index (χ4v) is 4.01. The Bertz CT molecular complexity index is 752. The molecule has 1 atom stereocenters. The van der Waals surface area contributed by atoms with Gasteiger partial charge in [0.25, 0.3) is 0 Å². The number of hydrogen-bond acceptors (Lipinski definition) is 3. The van der Waals surface area contributed by atoms with Crippen molar-refractivity contribution < 1.29 is 9.18 Å². The number of aromatic nitrogens is 2. The molecule has 1 saturated carbocycles. The second-order valence-corrected chi connectivity index (χ2v) is 7.24. The van der Waals surface area contributed by atoms with Crippen LogP contribution < -0.4 is 10.6 Å². The van der Waals surface area contributed by atoms with Crippen molar-refractivity contribution in [2.75, 3.05) is 13.6 Å². The quantitative estimate of drug-likeness (QED) is 0.835. The Morgan fingerprint density at radius 2 is 2.12 bits per heavy atom. The van der Waals surface area contributed by atoms with E-state index in [0.29, 0.717) is 6.54 Å². The van der Waals surface area contributed by atoms with E-state index in [2.05, 4.69) is 15.7 Å². The number of amides is 1. The largest absolute Gasteiger partial charge is 0.354 e. The number of hydrogen-bond donors (Lipinski definition) is 2. The first-order valence-corrected chi connectivity index (χ1v) is 9.24. The molecule has 2 N–H and O–H groups in total. The van der Waals surface area contributed by atoms with E-state index >= 15 is 0 Å². The summed E-state index contributed by atoms with van der Waals surface area (Å²) < 4.78 is 15.5. The smallest absolute Gasteiger partial charge is 0.241 e. The molecule has 1 heterocycles. The monoisotopic (exact) mass is 358 g/mol. The standard InChI is InChI=1S/C20H27FN4O/c1-22-18(15-12-24-25(2)13-15)19(26)23-14-20(9-4-3-5-10-20)16-7-6-8-17(21)11-16/h6-8,11-13,18,22H,3-5,9-10,14H2,1-2H3,(H,23,26). The van der Waals surface area contributed by atoms with Crippen molar-refractivity contribution in [3.8, 4) is 0 Å². The minimum Gasteiger partial charge on any atom is -0.354 e. The van der Waals surface area contributed by atoms with Gasteiger partial charge < -0.3 is 10.6 Å². The molecule has 5 nitrogen and oxygen atoms in total. The summed E-state index contributed by atoms with van der Waals surface area (Å²) in [4.78, 5) is 12.8. The number of likely N-dealkylation sites (N-methyl/N-ethyl adjacent to an activating group) is 1. The van der Waals surface area contributed by atoms with Gasteiger partial charge in [0.05, 0.1) is 6.20 Å². The number of nitrogens with one attached hydrogen (secondary N) is 2. The molecule has 1 amide bonds. The van der Waals surface area contributed by atoms with Crippen molar-refractivity contribution >= 4 is 5.91 Å². The Kier molecular flexibility index (Phi) is 5.71. The first-order valence-electron chi connectivity index (χ1n) is 9.24. The van der Waals surface area contributed by atoms with Crippen molar-refractivity contribution in [2.45, 2.75) is 43.6 Å². The zero-order valence-electron chi connectivity index (χ0n) is 15.5. The highest BCUT2D eigenvalue weighted by Crippen LogP contribution is 2.39. The molecule has 6 heteroatoms. The molecule has 0 saturated heterocycles. The molecular formula is C20H27FN4O. The van der Waals surface area contributed by atoms with Crippen molar-refractivity contribution in [3.05, 3.63) is 53.6 Å². The summed E-state index contributed by atoms with van der Waals surface area (Å²) in [6, 6.07) is 6.38. The Morgan fingerprint density at radius 3 is 2.73 bits per heavy atom. The van der Waals surface area contributed by atoms with E-state index in [9.17, 15) is 9.18 Å². The van der Waals surface area contributed by atoms with Gasteiger partial charge in [-0.25, -0.2) is 4.39 Å². The lowest BCUT2D eigenvalue weighted by atomic mass is 9.69. The third kappa shape index (κ3) is 3.96. The van der Waals surface area contributed by atoms with Gasteiger partial charge in [0.1, 0.15) is 11.9 Å². The van der Waals surface area contributed by atoms with Crippen LogP contribution in [0.25, 0.3) is 0 Å². The topological polar surface area (TPSA) is 59.0 Å².